The molecule has 9 aromatic rings. The number of fused-ring (bicyclic) bond motifs is 10. The molecule has 216 valence electrons. The van der Waals surface area contributed by atoms with E-state index in [9.17, 15) is 0 Å². The maximum absolute atomic E-state index is 6.55. The first-order valence-corrected chi connectivity index (χ1v) is 16.1. The predicted molar refractivity (Wildman–Crippen MR) is 195 cm³/mol. The Hall–Kier alpha value is -5.66. The molecule has 0 saturated heterocycles. The van der Waals surface area contributed by atoms with Gasteiger partial charge in [-0.3, -0.25) is 0 Å². The lowest BCUT2D eigenvalue weighted by Crippen LogP contribution is -2.15. The van der Waals surface area contributed by atoms with Crippen molar-refractivity contribution in [2.45, 2.75) is 19.3 Å². The van der Waals surface area contributed by atoms with E-state index in [0.29, 0.717) is 0 Å². The largest absolute Gasteiger partial charge is 0.455 e. The van der Waals surface area contributed by atoms with Crippen LogP contribution in [0.15, 0.2) is 150 Å². The van der Waals surface area contributed by atoms with Crippen molar-refractivity contribution in [3.05, 3.63) is 157 Å². The van der Waals surface area contributed by atoms with Crippen LogP contribution in [0.5, 0.6) is 0 Å². The average Bonchev–Trinajstić information content (AvgIpc) is 3.59. The van der Waals surface area contributed by atoms with Crippen LogP contribution in [-0.4, -0.2) is 0 Å². The molecule has 0 atom stereocenters. The molecule has 1 heterocycles. The summed E-state index contributed by atoms with van der Waals surface area (Å²) in [5, 5.41) is 9.74. The second-order valence-corrected chi connectivity index (χ2v) is 13.3. The van der Waals surface area contributed by atoms with Gasteiger partial charge >= 0.3 is 0 Å². The fourth-order valence-electron chi connectivity index (χ4n) is 8.18. The van der Waals surface area contributed by atoms with Crippen molar-refractivity contribution in [2.75, 3.05) is 0 Å². The normalized spacial score (nSPS) is 13.6. The molecule has 1 nitrogen and oxygen atoms in total. The molecule has 0 amide bonds. The van der Waals surface area contributed by atoms with Crippen LogP contribution >= 0.6 is 0 Å². The Morgan fingerprint density at radius 1 is 0.435 bits per heavy atom. The van der Waals surface area contributed by atoms with E-state index in [1.54, 1.807) is 0 Å². The lowest BCUT2D eigenvalue weighted by molar-refractivity contribution is 0.661. The van der Waals surface area contributed by atoms with Gasteiger partial charge in [0, 0.05) is 21.6 Å². The molecule has 0 saturated carbocycles. The summed E-state index contributed by atoms with van der Waals surface area (Å²) in [4.78, 5) is 0. The van der Waals surface area contributed by atoms with Gasteiger partial charge in [-0.1, -0.05) is 129 Å². The Bertz CT molecular complexity index is 2720. The van der Waals surface area contributed by atoms with Gasteiger partial charge in [-0.25, -0.2) is 0 Å². The van der Waals surface area contributed by atoms with Crippen LogP contribution < -0.4 is 0 Å². The van der Waals surface area contributed by atoms with Crippen molar-refractivity contribution in [3.8, 4) is 33.4 Å². The molecule has 0 spiro atoms. The van der Waals surface area contributed by atoms with Gasteiger partial charge in [0.15, 0.2) is 0 Å². The molecule has 0 N–H and O–H groups in total. The van der Waals surface area contributed by atoms with Gasteiger partial charge in [0.2, 0.25) is 0 Å². The first-order chi connectivity index (χ1) is 22.6. The Balaban J connectivity index is 1.27. The molecule has 0 bridgehead atoms. The maximum Gasteiger partial charge on any atom is 0.143 e. The molecule has 10 rings (SSSR count). The van der Waals surface area contributed by atoms with E-state index in [1.807, 2.05) is 0 Å². The standard InChI is InChI=1S/C45H30O/c1-45(2)38-16-8-7-14-36(38)43-39(45)26-32-25-30(21-22-34(32)41(43)31-19-18-27-10-3-4-12-29(27)24-31)33-15-9-17-40-42(33)37-23-20-28-11-5-6-13-35(28)44(37)46-40/h3-26H,1-2H3. The highest BCUT2D eigenvalue weighted by Crippen LogP contribution is 2.54. The highest BCUT2D eigenvalue weighted by Gasteiger charge is 2.37. The van der Waals surface area contributed by atoms with Gasteiger partial charge in [0.25, 0.3) is 0 Å². The number of rotatable bonds is 2. The molecule has 1 aliphatic carbocycles. The van der Waals surface area contributed by atoms with Crippen LogP contribution in [0.4, 0.5) is 0 Å². The number of hydrogen-bond donors (Lipinski definition) is 0. The third-order valence-corrected chi connectivity index (χ3v) is 10.4. The minimum atomic E-state index is -0.108. The first-order valence-electron chi connectivity index (χ1n) is 16.1. The van der Waals surface area contributed by atoms with E-state index < -0.39 is 0 Å². The van der Waals surface area contributed by atoms with Gasteiger partial charge in [-0.05, 0) is 102 Å². The Kier molecular flexibility index (Phi) is 5.12. The lowest BCUT2D eigenvalue weighted by Gasteiger charge is -2.23. The van der Waals surface area contributed by atoms with Gasteiger partial charge in [-0.15, -0.1) is 0 Å². The second-order valence-electron chi connectivity index (χ2n) is 13.3. The van der Waals surface area contributed by atoms with Crippen LogP contribution in [0.3, 0.4) is 0 Å². The Labute approximate surface area is 267 Å². The SMILES string of the molecule is CC1(C)c2ccccc2-c2c1cc1cc(-c3cccc4oc5c6ccccc6ccc5c34)ccc1c2-c1ccc2ccccc2c1. The zero-order valence-corrected chi connectivity index (χ0v) is 25.8. The lowest BCUT2D eigenvalue weighted by atomic mass is 9.80. The third-order valence-electron chi connectivity index (χ3n) is 10.4. The number of furan rings is 1. The van der Waals surface area contributed by atoms with Gasteiger partial charge < -0.3 is 4.42 Å². The molecule has 8 aromatic carbocycles. The van der Waals surface area contributed by atoms with E-state index in [2.05, 4.69) is 159 Å². The first kappa shape index (κ1) is 25.6. The van der Waals surface area contributed by atoms with E-state index >= 15 is 0 Å². The molecule has 0 radical (unpaired) electrons. The molecule has 0 fully saturated rings. The van der Waals surface area contributed by atoms with E-state index in [4.69, 9.17) is 4.42 Å². The summed E-state index contributed by atoms with van der Waals surface area (Å²) in [5.74, 6) is 0. The smallest absolute Gasteiger partial charge is 0.143 e. The van der Waals surface area contributed by atoms with E-state index in [1.165, 1.54) is 76.8 Å². The zero-order valence-electron chi connectivity index (χ0n) is 25.8. The second kappa shape index (κ2) is 9.19. The summed E-state index contributed by atoms with van der Waals surface area (Å²) < 4.78 is 6.55. The summed E-state index contributed by atoms with van der Waals surface area (Å²) in [6, 6.07) is 53.5. The Morgan fingerprint density at radius 3 is 2.04 bits per heavy atom. The number of benzene rings is 8. The van der Waals surface area contributed by atoms with Crippen LogP contribution in [0.25, 0.3) is 87.6 Å². The van der Waals surface area contributed by atoms with Crippen LogP contribution in [-0.2, 0) is 5.41 Å². The minimum absolute atomic E-state index is 0.108. The summed E-state index contributed by atoms with van der Waals surface area (Å²) in [6.45, 7) is 4.75. The van der Waals surface area contributed by atoms with E-state index in [-0.39, 0.29) is 5.41 Å². The minimum Gasteiger partial charge on any atom is -0.455 e. The quantitative estimate of drug-likeness (QED) is 0.196. The third kappa shape index (κ3) is 3.46. The predicted octanol–water partition coefficient (Wildman–Crippen LogP) is 12.7. The summed E-state index contributed by atoms with van der Waals surface area (Å²) in [6.07, 6.45) is 0. The van der Waals surface area contributed by atoms with Crippen molar-refractivity contribution >= 4 is 54.3 Å². The van der Waals surface area contributed by atoms with E-state index in [0.717, 1.165) is 21.9 Å². The highest BCUT2D eigenvalue weighted by atomic mass is 16.3. The monoisotopic (exact) mass is 586 g/mol. The van der Waals surface area contributed by atoms with Gasteiger partial charge in [0.1, 0.15) is 11.2 Å². The summed E-state index contributed by atoms with van der Waals surface area (Å²) in [7, 11) is 0. The molecular formula is C45H30O. The van der Waals surface area contributed by atoms with Crippen molar-refractivity contribution in [3.63, 3.8) is 0 Å². The van der Waals surface area contributed by atoms with Crippen LogP contribution in [0, 0.1) is 0 Å². The molecule has 1 aliphatic rings. The fraction of sp³-hybridized carbons (Fsp3) is 0.0667. The molecular weight excluding hydrogens is 556 g/mol. The molecule has 0 unspecified atom stereocenters. The number of hydrogen-bond acceptors (Lipinski definition) is 1. The molecule has 46 heavy (non-hydrogen) atoms. The average molecular weight is 587 g/mol. The van der Waals surface area contributed by atoms with Crippen LogP contribution in [0.2, 0.25) is 0 Å². The highest BCUT2D eigenvalue weighted by molar-refractivity contribution is 6.19. The molecule has 0 aliphatic heterocycles. The Morgan fingerprint density at radius 2 is 1.13 bits per heavy atom. The van der Waals surface area contributed by atoms with Gasteiger partial charge in [-0.2, -0.15) is 0 Å². The zero-order chi connectivity index (χ0) is 30.6. The van der Waals surface area contributed by atoms with Gasteiger partial charge in [0.05, 0.1) is 0 Å². The fourth-order valence-corrected chi connectivity index (χ4v) is 8.18. The van der Waals surface area contributed by atoms with Crippen LogP contribution in [0.1, 0.15) is 25.0 Å². The van der Waals surface area contributed by atoms with Crippen molar-refractivity contribution in [1.29, 1.82) is 0 Å². The summed E-state index contributed by atoms with van der Waals surface area (Å²) in [5.41, 5.74) is 12.2. The molecule has 1 heteroatoms. The van der Waals surface area contributed by atoms with Crippen molar-refractivity contribution in [1.82, 2.24) is 0 Å². The maximum atomic E-state index is 6.55. The van der Waals surface area contributed by atoms with Crippen molar-refractivity contribution in [2.24, 2.45) is 0 Å². The molecule has 1 aromatic heterocycles. The topological polar surface area (TPSA) is 13.1 Å². The van der Waals surface area contributed by atoms with Crippen molar-refractivity contribution < 1.29 is 4.42 Å². The summed E-state index contributed by atoms with van der Waals surface area (Å²) >= 11 is 0.